The van der Waals surface area contributed by atoms with Crippen LogP contribution in [0.15, 0.2) is 24.3 Å². The molecule has 0 aromatic heterocycles. The topological polar surface area (TPSA) is 49.8 Å². The molecule has 1 aromatic carbocycles. The van der Waals surface area contributed by atoms with Crippen LogP contribution in [0.2, 0.25) is 0 Å². The van der Waals surface area contributed by atoms with E-state index in [-0.39, 0.29) is 5.56 Å². The standard InChI is InChI=1S/C14H21NO3/c1-11(2)15(3)8-5-9-18-13-7-4-6-12(10-13)14(16)17/h4,6-7,10-11H,5,8-9H2,1-3H3,(H,16,17). The van der Waals surface area contributed by atoms with Crippen molar-refractivity contribution in [2.24, 2.45) is 0 Å². The number of carboxylic acid groups (broad SMARTS) is 1. The van der Waals surface area contributed by atoms with Gasteiger partial charge in [-0.25, -0.2) is 4.79 Å². The van der Waals surface area contributed by atoms with Gasteiger partial charge in [0.25, 0.3) is 0 Å². The Labute approximate surface area is 108 Å². The number of aromatic carboxylic acids is 1. The number of nitrogens with zero attached hydrogens (tertiary/aromatic N) is 1. The molecule has 1 N–H and O–H groups in total. The summed E-state index contributed by atoms with van der Waals surface area (Å²) in [7, 11) is 2.08. The van der Waals surface area contributed by atoms with Crippen molar-refractivity contribution >= 4 is 5.97 Å². The van der Waals surface area contributed by atoms with Crippen molar-refractivity contribution in [3.8, 4) is 5.75 Å². The minimum atomic E-state index is -0.931. The molecule has 0 aliphatic carbocycles. The van der Waals surface area contributed by atoms with Gasteiger partial charge in [0.1, 0.15) is 5.75 Å². The molecule has 0 fully saturated rings. The van der Waals surface area contributed by atoms with Gasteiger partial charge in [0.15, 0.2) is 0 Å². The van der Waals surface area contributed by atoms with Gasteiger partial charge in [-0.3, -0.25) is 0 Å². The van der Waals surface area contributed by atoms with Crippen LogP contribution < -0.4 is 4.74 Å². The summed E-state index contributed by atoms with van der Waals surface area (Å²) in [6.07, 6.45) is 0.923. The molecule has 0 radical (unpaired) electrons. The molecule has 0 saturated heterocycles. The predicted molar refractivity (Wildman–Crippen MR) is 71.3 cm³/mol. The molecule has 0 saturated carbocycles. The molecule has 0 amide bonds. The highest BCUT2D eigenvalue weighted by molar-refractivity contribution is 5.87. The zero-order valence-electron chi connectivity index (χ0n) is 11.2. The van der Waals surface area contributed by atoms with Gasteiger partial charge in [-0.1, -0.05) is 6.07 Å². The van der Waals surface area contributed by atoms with Crippen LogP contribution in [0.1, 0.15) is 30.6 Å². The molecule has 4 heteroatoms. The van der Waals surface area contributed by atoms with E-state index in [2.05, 4.69) is 25.8 Å². The smallest absolute Gasteiger partial charge is 0.335 e. The number of hydrogen-bond acceptors (Lipinski definition) is 3. The fourth-order valence-corrected chi connectivity index (χ4v) is 1.48. The average Bonchev–Trinajstić information content (AvgIpc) is 2.34. The Morgan fingerprint density at radius 3 is 2.78 bits per heavy atom. The van der Waals surface area contributed by atoms with Crippen molar-refractivity contribution < 1.29 is 14.6 Å². The predicted octanol–water partition coefficient (Wildman–Crippen LogP) is 2.49. The SMILES string of the molecule is CC(C)N(C)CCCOc1cccc(C(=O)O)c1. The van der Waals surface area contributed by atoms with E-state index in [1.165, 1.54) is 0 Å². The van der Waals surface area contributed by atoms with Crippen LogP contribution in [0.3, 0.4) is 0 Å². The third-order valence-corrected chi connectivity index (χ3v) is 2.89. The van der Waals surface area contributed by atoms with Crippen LogP contribution in [0.4, 0.5) is 0 Å². The van der Waals surface area contributed by atoms with Crippen molar-refractivity contribution in [3.63, 3.8) is 0 Å². The van der Waals surface area contributed by atoms with Gasteiger partial charge in [-0.2, -0.15) is 0 Å². The third-order valence-electron chi connectivity index (χ3n) is 2.89. The summed E-state index contributed by atoms with van der Waals surface area (Å²) >= 11 is 0. The van der Waals surface area contributed by atoms with E-state index in [9.17, 15) is 4.79 Å². The van der Waals surface area contributed by atoms with Crippen molar-refractivity contribution in [2.45, 2.75) is 26.3 Å². The highest BCUT2D eigenvalue weighted by Crippen LogP contribution is 2.13. The van der Waals surface area contributed by atoms with Gasteiger partial charge in [-0.05, 0) is 45.5 Å². The molecule has 0 heterocycles. The lowest BCUT2D eigenvalue weighted by Crippen LogP contribution is -2.28. The summed E-state index contributed by atoms with van der Waals surface area (Å²) in [6.45, 7) is 5.87. The molecule has 0 spiro atoms. The van der Waals surface area contributed by atoms with Crippen LogP contribution in [0.25, 0.3) is 0 Å². The number of carboxylic acids is 1. The van der Waals surface area contributed by atoms with E-state index in [1.807, 2.05) is 0 Å². The highest BCUT2D eigenvalue weighted by atomic mass is 16.5. The highest BCUT2D eigenvalue weighted by Gasteiger charge is 2.05. The first-order valence-electron chi connectivity index (χ1n) is 6.17. The van der Waals surface area contributed by atoms with Crippen LogP contribution in [0.5, 0.6) is 5.75 Å². The van der Waals surface area contributed by atoms with Crippen molar-refractivity contribution in [1.29, 1.82) is 0 Å². The van der Waals surface area contributed by atoms with E-state index in [4.69, 9.17) is 9.84 Å². The summed E-state index contributed by atoms with van der Waals surface area (Å²) in [4.78, 5) is 13.0. The maximum Gasteiger partial charge on any atom is 0.335 e. The Kier molecular flexibility index (Phi) is 5.65. The Bertz CT molecular complexity index is 390. The monoisotopic (exact) mass is 251 g/mol. The molecule has 4 nitrogen and oxygen atoms in total. The van der Waals surface area contributed by atoms with Crippen molar-refractivity contribution in [1.82, 2.24) is 4.90 Å². The maximum absolute atomic E-state index is 10.8. The zero-order chi connectivity index (χ0) is 13.5. The fraction of sp³-hybridized carbons (Fsp3) is 0.500. The van der Waals surface area contributed by atoms with E-state index in [0.29, 0.717) is 18.4 Å². The Hall–Kier alpha value is -1.55. The van der Waals surface area contributed by atoms with Gasteiger partial charge in [-0.15, -0.1) is 0 Å². The van der Waals surface area contributed by atoms with Crippen LogP contribution in [-0.4, -0.2) is 42.2 Å². The molecule has 18 heavy (non-hydrogen) atoms. The lowest BCUT2D eigenvalue weighted by molar-refractivity contribution is 0.0696. The van der Waals surface area contributed by atoms with Gasteiger partial charge >= 0.3 is 5.97 Å². The van der Waals surface area contributed by atoms with Gasteiger partial charge < -0.3 is 14.7 Å². The lowest BCUT2D eigenvalue weighted by Gasteiger charge is -2.20. The Morgan fingerprint density at radius 2 is 2.17 bits per heavy atom. The molecule has 1 aromatic rings. The van der Waals surface area contributed by atoms with Crippen molar-refractivity contribution in [2.75, 3.05) is 20.2 Å². The molecule has 0 bridgehead atoms. The normalized spacial score (nSPS) is 10.9. The average molecular weight is 251 g/mol. The number of ether oxygens (including phenoxy) is 1. The first-order valence-corrected chi connectivity index (χ1v) is 6.17. The zero-order valence-corrected chi connectivity index (χ0v) is 11.2. The molecule has 1 rings (SSSR count). The molecular weight excluding hydrogens is 230 g/mol. The second-order valence-corrected chi connectivity index (χ2v) is 4.61. The third kappa shape index (κ3) is 4.75. The summed E-state index contributed by atoms with van der Waals surface area (Å²) < 4.78 is 5.54. The van der Waals surface area contributed by atoms with Crippen molar-refractivity contribution in [3.05, 3.63) is 29.8 Å². The lowest BCUT2D eigenvalue weighted by atomic mass is 10.2. The van der Waals surface area contributed by atoms with E-state index < -0.39 is 5.97 Å². The Morgan fingerprint density at radius 1 is 1.44 bits per heavy atom. The number of rotatable bonds is 7. The Balaban J connectivity index is 2.35. The molecule has 0 aliphatic rings. The summed E-state index contributed by atoms with van der Waals surface area (Å²) in [5, 5.41) is 8.85. The van der Waals surface area contributed by atoms with E-state index in [1.54, 1.807) is 24.3 Å². The van der Waals surface area contributed by atoms with Gasteiger partial charge in [0.2, 0.25) is 0 Å². The fourth-order valence-electron chi connectivity index (χ4n) is 1.48. The summed E-state index contributed by atoms with van der Waals surface area (Å²) in [5.41, 5.74) is 0.256. The number of hydrogen-bond donors (Lipinski definition) is 1. The van der Waals surface area contributed by atoms with Gasteiger partial charge in [0.05, 0.1) is 12.2 Å². The minimum Gasteiger partial charge on any atom is -0.494 e. The summed E-state index contributed by atoms with van der Waals surface area (Å²) in [6, 6.07) is 7.11. The maximum atomic E-state index is 10.8. The minimum absolute atomic E-state index is 0.256. The number of carbonyl (C=O) groups is 1. The molecule has 0 atom stereocenters. The first kappa shape index (κ1) is 14.5. The molecule has 100 valence electrons. The van der Waals surface area contributed by atoms with E-state index in [0.717, 1.165) is 13.0 Å². The number of benzene rings is 1. The summed E-state index contributed by atoms with van der Waals surface area (Å²) in [5.74, 6) is -0.318. The quantitative estimate of drug-likeness (QED) is 0.756. The van der Waals surface area contributed by atoms with Crippen LogP contribution >= 0.6 is 0 Å². The molecule has 0 aliphatic heterocycles. The largest absolute Gasteiger partial charge is 0.494 e. The second-order valence-electron chi connectivity index (χ2n) is 4.61. The van der Waals surface area contributed by atoms with Crippen LogP contribution in [-0.2, 0) is 0 Å². The van der Waals surface area contributed by atoms with Crippen LogP contribution in [0, 0.1) is 0 Å². The molecule has 0 unspecified atom stereocenters. The second kappa shape index (κ2) is 7.01. The van der Waals surface area contributed by atoms with E-state index >= 15 is 0 Å². The molecular formula is C14H21NO3. The van der Waals surface area contributed by atoms with Gasteiger partial charge in [0, 0.05) is 12.6 Å². The first-order chi connectivity index (χ1) is 8.50.